The number of piperidine rings is 2. The lowest BCUT2D eigenvalue weighted by Crippen LogP contribution is -2.48. The Kier molecular flexibility index (Phi) is 5.40. The number of nitrogens with zero attached hydrogens (tertiary/aromatic N) is 3. The van der Waals surface area contributed by atoms with Crippen molar-refractivity contribution in [3.8, 4) is 10.6 Å². The number of nitrogens with one attached hydrogen (secondary N) is 2. The maximum atomic E-state index is 11.1. The van der Waals surface area contributed by atoms with Crippen LogP contribution in [-0.2, 0) is 5.60 Å². The van der Waals surface area contributed by atoms with Gasteiger partial charge in [-0.2, -0.15) is 0 Å². The third-order valence-corrected chi connectivity index (χ3v) is 7.19. The Bertz CT molecular complexity index is 885. The topological polar surface area (TPSA) is 73.3 Å². The van der Waals surface area contributed by atoms with Gasteiger partial charge in [0.1, 0.15) is 5.60 Å². The molecule has 0 radical (unpaired) electrons. The third kappa shape index (κ3) is 4.63. The Balaban J connectivity index is 1.49. The van der Waals surface area contributed by atoms with Gasteiger partial charge in [-0.05, 0) is 58.4 Å². The summed E-state index contributed by atoms with van der Waals surface area (Å²) in [6, 6.07) is 6.32. The van der Waals surface area contributed by atoms with Crippen LogP contribution in [0.5, 0.6) is 0 Å². The number of thiophene rings is 1. The monoisotopic (exact) mass is 413 g/mol. The van der Waals surface area contributed by atoms with Gasteiger partial charge in [0, 0.05) is 47.9 Å². The first kappa shape index (κ1) is 20.3. The summed E-state index contributed by atoms with van der Waals surface area (Å²) < 4.78 is 0. The van der Waals surface area contributed by atoms with Gasteiger partial charge in [0.05, 0.1) is 10.6 Å². The van der Waals surface area contributed by atoms with Crippen molar-refractivity contribution in [2.24, 2.45) is 0 Å². The molecule has 4 rings (SSSR count). The van der Waals surface area contributed by atoms with Crippen LogP contribution in [0.15, 0.2) is 36.7 Å². The molecule has 0 aliphatic carbocycles. The average molecular weight is 414 g/mol. The minimum atomic E-state index is -0.718. The van der Waals surface area contributed by atoms with Crippen LogP contribution in [0.2, 0.25) is 0 Å². The normalized spacial score (nSPS) is 24.1. The molecule has 4 heterocycles. The van der Waals surface area contributed by atoms with Crippen molar-refractivity contribution in [1.82, 2.24) is 20.2 Å². The van der Waals surface area contributed by atoms with E-state index in [1.165, 1.54) is 0 Å². The lowest BCUT2D eigenvalue weighted by molar-refractivity contribution is -0.0172. The highest BCUT2D eigenvalue weighted by atomic mass is 32.1. The molecule has 0 amide bonds. The molecule has 0 spiro atoms. The second-order valence-electron chi connectivity index (χ2n) is 9.13. The zero-order chi connectivity index (χ0) is 20.6. The maximum Gasteiger partial charge on any atom is 0.223 e. The Labute approximate surface area is 177 Å². The molecule has 2 aliphatic rings. The second-order valence-corrected chi connectivity index (χ2v) is 10.2. The van der Waals surface area contributed by atoms with Gasteiger partial charge >= 0.3 is 0 Å². The summed E-state index contributed by atoms with van der Waals surface area (Å²) in [5.41, 5.74) is 1.23. The van der Waals surface area contributed by atoms with Crippen molar-refractivity contribution in [2.45, 2.75) is 56.7 Å². The molecule has 2 aromatic rings. The lowest BCUT2D eigenvalue weighted by atomic mass is 9.88. The molecular weight excluding hydrogens is 382 g/mol. The fourth-order valence-corrected chi connectivity index (χ4v) is 5.50. The molecule has 2 aromatic heterocycles. The number of aromatic nitrogens is 2. The van der Waals surface area contributed by atoms with Crippen LogP contribution in [0.3, 0.4) is 0 Å². The highest BCUT2D eigenvalue weighted by Gasteiger charge is 2.34. The van der Waals surface area contributed by atoms with E-state index >= 15 is 0 Å². The van der Waals surface area contributed by atoms with E-state index < -0.39 is 5.60 Å². The molecule has 7 heteroatoms. The summed E-state index contributed by atoms with van der Waals surface area (Å²) in [7, 11) is 2.10. The van der Waals surface area contributed by atoms with Crippen LogP contribution >= 0.6 is 11.3 Å². The fraction of sp³-hybridized carbons (Fsp3) is 0.545. The predicted molar refractivity (Wildman–Crippen MR) is 119 cm³/mol. The zero-order valence-corrected chi connectivity index (χ0v) is 18.4. The molecule has 2 aliphatic heterocycles. The van der Waals surface area contributed by atoms with E-state index in [2.05, 4.69) is 60.1 Å². The number of hydrogen-bond donors (Lipinski definition) is 3. The van der Waals surface area contributed by atoms with Gasteiger partial charge in [-0.3, -0.25) is 0 Å². The van der Waals surface area contributed by atoms with Crippen LogP contribution in [0.25, 0.3) is 10.6 Å². The third-order valence-electron chi connectivity index (χ3n) is 5.88. The molecule has 3 N–H and O–H groups in total. The van der Waals surface area contributed by atoms with Crippen molar-refractivity contribution < 1.29 is 5.11 Å². The Morgan fingerprint density at radius 3 is 2.76 bits per heavy atom. The number of anilines is 1. The molecule has 2 fully saturated rings. The molecule has 6 nitrogen and oxygen atoms in total. The summed E-state index contributed by atoms with van der Waals surface area (Å²) in [6.07, 6.45) is 5.19. The summed E-state index contributed by atoms with van der Waals surface area (Å²) in [5, 5.41) is 18.0. The Morgan fingerprint density at radius 2 is 2.03 bits per heavy atom. The molecule has 0 saturated carbocycles. The van der Waals surface area contributed by atoms with E-state index in [-0.39, 0.29) is 11.6 Å². The average Bonchev–Trinajstić information content (AvgIpc) is 3.14. The van der Waals surface area contributed by atoms with E-state index in [1.54, 1.807) is 17.5 Å². The van der Waals surface area contributed by atoms with E-state index in [0.29, 0.717) is 5.95 Å². The molecule has 2 saturated heterocycles. The highest BCUT2D eigenvalue weighted by molar-refractivity contribution is 7.15. The SMILES string of the molecule is C=C1CC(Nc2nccc(-c3ccc(C4(O)CCN(C)CC4)s3)n2)CC(C)(C)N1. The van der Waals surface area contributed by atoms with Gasteiger partial charge in [0.25, 0.3) is 0 Å². The van der Waals surface area contributed by atoms with E-state index in [4.69, 9.17) is 4.98 Å². The first-order chi connectivity index (χ1) is 13.7. The largest absolute Gasteiger partial charge is 0.384 e. The van der Waals surface area contributed by atoms with Gasteiger partial charge in [0.15, 0.2) is 0 Å². The van der Waals surface area contributed by atoms with E-state index in [0.717, 1.165) is 59.9 Å². The van der Waals surface area contributed by atoms with E-state index in [1.807, 2.05) is 6.07 Å². The Hall–Kier alpha value is -1.96. The van der Waals surface area contributed by atoms with Crippen molar-refractivity contribution in [2.75, 3.05) is 25.5 Å². The molecule has 29 heavy (non-hydrogen) atoms. The quantitative estimate of drug-likeness (QED) is 0.712. The van der Waals surface area contributed by atoms with Gasteiger partial charge in [-0.1, -0.05) is 6.58 Å². The zero-order valence-electron chi connectivity index (χ0n) is 17.5. The maximum absolute atomic E-state index is 11.1. The molecule has 0 bridgehead atoms. The van der Waals surface area contributed by atoms with Gasteiger partial charge < -0.3 is 20.6 Å². The van der Waals surface area contributed by atoms with E-state index in [9.17, 15) is 5.11 Å². The van der Waals surface area contributed by atoms with Crippen LogP contribution in [-0.4, -0.2) is 51.7 Å². The minimum absolute atomic E-state index is 0.0107. The summed E-state index contributed by atoms with van der Waals surface area (Å²) in [4.78, 5) is 13.5. The van der Waals surface area contributed by atoms with Gasteiger partial charge in [-0.25, -0.2) is 9.97 Å². The molecule has 1 unspecified atom stereocenters. The van der Waals surface area contributed by atoms with Crippen LogP contribution in [0.1, 0.15) is 44.4 Å². The van der Waals surface area contributed by atoms with Crippen molar-refractivity contribution in [1.29, 1.82) is 0 Å². The predicted octanol–water partition coefficient (Wildman–Crippen LogP) is 3.57. The lowest BCUT2D eigenvalue weighted by Gasteiger charge is -2.38. The molecule has 156 valence electrons. The smallest absolute Gasteiger partial charge is 0.223 e. The molecular formula is C22H31N5OS. The van der Waals surface area contributed by atoms with Gasteiger partial charge in [-0.15, -0.1) is 11.3 Å². The number of rotatable bonds is 4. The van der Waals surface area contributed by atoms with Crippen molar-refractivity contribution >= 4 is 17.3 Å². The van der Waals surface area contributed by atoms with Crippen molar-refractivity contribution in [3.63, 3.8) is 0 Å². The van der Waals surface area contributed by atoms with Gasteiger partial charge in [0.2, 0.25) is 5.95 Å². The Morgan fingerprint density at radius 1 is 1.28 bits per heavy atom. The number of likely N-dealkylation sites (tertiary alicyclic amines) is 1. The van der Waals surface area contributed by atoms with Crippen LogP contribution in [0, 0.1) is 0 Å². The fourth-order valence-electron chi connectivity index (χ4n) is 4.38. The summed E-state index contributed by atoms with van der Waals surface area (Å²) in [5.74, 6) is 0.644. The second kappa shape index (κ2) is 7.70. The van der Waals surface area contributed by atoms with Crippen molar-refractivity contribution in [3.05, 3.63) is 41.5 Å². The standard InChI is InChI=1S/C22H31N5OS/c1-15-13-16(14-21(2,3)26-15)24-20-23-10-7-17(25-20)18-5-6-19(29-18)22(28)8-11-27(4)12-9-22/h5-7,10,16,26,28H,1,8-9,11-14H2,2-4H3,(H,23,24,25). The number of hydrogen-bond acceptors (Lipinski definition) is 7. The molecule has 0 aromatic carbocycles. The first-order valence-electron chi connectivity index (χ1n) is 10.3. The first-order valence-corrected chi connectivity index (χ1v) is 11.1. The summed E-state index contributed by atoms with van der Waals surface area (Å²) in [6.45, 7) is 10.3. The highest BCUT2D eigenvalue weighted by Crippen LogP contribution is 2.39. The van der Waals surface area contributed by atoms with Crippen LogP contribution < -0.4 is 10.6 Å². The van der Waals surface area contributed by atoms with Crippen LogP contribution in [0.4, 0.5) is 5.95 Å². The summed E-state index contributed by atoms with van der Waals surface area (Å²) >= 11 is 1.64. The molecule has 1 atom stereocenters. The minimum Gasteiger partial charge on any atom is -0.384 e. The number of aliphatic hydroxyl groups is 1.